The molecule has 1 amide bonds. The van der Waals surface area contributed by atoms with E-state index in [1.165, 1.54) is 39.2 Å². The number of nitrogens with one attached hydrogen (secondary N) is 1. The van der Waals surface area contributed by atoms with Crippen molar-refractivity contribution in [3.8, 4) is 11.3 Å². The molecule has 1 aliphatic rings. The molecule has 1 N–H and O–H groups in total. The van der Waals surface area contributed by atoms with E-state index in [1.54, 1.807) is 30.3 Å². The first-order valence-corrected chi connectivity index (χ1v) is 10.6. The normalized spacial score (nSPS) is 14.4. The number of nitrogens with zero attached hydrogens (tertiary/aromatic N) is 1. The number of carbonyl (C=O) groups is 2. The van der Waals surface area contributed by atoms with Crippen LogP contribution in [0.5, 0.6) is 0 Å². The van der Waals surface area contributed by atoms with E-state index in [9.17, 15) is 9.59 Å². The summed E-state index contributed by atoms with van der Waals surface area (Å²) in [5.74, 6) is -0.137. The lowest BCUT2D eigenvalue weighted by Crippen LogP contribution is -2.26. The summed E-state index contributed by atoms with van der Waals surface area (Å²) in [6.07, 6.45) is 7.38. The molecule has 0 saturated heterocycles. The van der Waals surface area contributed by atoms with E-state index in [1.807, 2.05) is 0 Å². The Balaban J connectivity index is 1.74. The zero-order valence-corrected chi connectivity index (χ0v) is 17.9. The molecule has 1 saturated carbocycles. The molecule has 5 nitrogen and oxygen atoms in total. The summed E-state index contributed by atoms with van der Waals surface area (Å²) in [5, 5.41) is 3.55. The second-order valence-corrected chi connectivity index (χ2v) is 8.08. The van der Waals surface area contributed by atoms with Crippen molar-refractivity contribution in [1.82, 2.24) is 10.3 Å². The van der Waals surface area contributed by atoms with Gasteiger partial charge in [-0.1, -0.05) is 61.4 Å². The lowest BCUT2D eigenvalue weighted by atomic mass is 9.87. The van der Waals surface area contributed by atoms with E-state index >= 15 is 0 Å². The van der Waals surface area contributed by atoms with Crippen LogP contribution in [-0.2, 0) is 4.74 Å². The van der Waals surface area contributed by atoms with Crippen molar-refractivity contribution in [2.24, 2.45) is 5.92 Å². The molecule has 2 aromatic rings. The van der Waals surface area contributed by atoms with Crippen LogP contribution in [-0.4, -0.2) is 30.5 Å². The number of hydrogen-bond acceptors (Lipinski definition) is 4. The van der Waals surface area contributed by atoms with E-state index < -0.39 is 5.97 Å². The molecule has 1 heterocycles. The van der Waals surface area contributed by atoms with Gasteiger partial charge in [-0.2, -0.15) is 0 Å². The molecule has 0 atom stereocenters. The number of ether oxygens (including phenoxy) is 1. The largest absolute Gasteiger partial charge is 0.464 e. The Labute approximate surface area is 180 Å². The predicted molar refractivity (Wildman–Crippen MR) is 115 cm³/mol. The highest BCUT2D eigenvalue weighted by Crippen LogP contribution is 2.28. The first-order valence-electron chi connectivity index (χ1n) is 9.82. The Morgan fingerprint density at radius 1 is 1.10 bits per heavy atom. The number of aromatic nitrogens is 1. The number of rotatable bonds is 6. The third-order valence-electron chi connectivity index (χ3n) is 5.29. The van der Waals surface area contributed by atoms with Crippen LogP contribution in [0.3, 0.4) is 0 Å². The van der Waals surface area contributed by atoms with Crippen LogP contribution in [0, 0.1) is 5.92 Å². The van der Waals surface area contributed by atoms with Crippen LogP contribution >= 0.6 is 23.2 Å². The first kappa shape index (κ1) is 21.6. The maximum Gasteiger partial charge on any atom is 0.358 e. The van der Waals surface area contributed by atoms with Gasteiger partial charge < -0.3 is 10.1 Å². The second-order valence-electron chi connectivity index (χ2n) is 7.26. The van der Waals surface area contributed by atoms with Crippen molar-refractivity contribution in [3.05, 3.63) is 51.6 Å². The van der Waals surface area contributed by atoms with E-state index in [4.69, 9.17) is 27.9 Å². The predicted octanol–water partition coefficient (Wildman–Crippen LogP) is 5.54. The highest BCUT2D eigenvalue weighted by molar-refractivity contribution is 6.34. The zero-order chi connectivity index (χ0) is 20.8. The summed E-state index contributed by atoms with van der Waals surface area (Å²) < 4.78 is 4.71. The number of carbonyl (C=O) groups excluding carboxylic acids is 2. The summed E-state index contributed by atoms with van der Waals surface area (Å²) in [4.78, 5) is 28.8. The number of pyridine rings is 1. The maximum absolute atomic E-state index is 12.7. The molecular formula is C22H24Cl2N2O3. The fourth-order valence-electron chi connectivity index (χ4n) is 3.66. The Kier molecular flexibility index (Phi) is 7.51. The molecule has 29 heavy (non-hydrogen) atoms. The number of benzene rings is 1. The molecular weight excluding hydrogens is 411 g/mol. The summed E-state index contributed by atoms with van der Waals surface area (Å²) in [6, 6.07) is 8.34. The minimum Gasteiger partial charge on any atom is -0.464 e. The Hall–Kier alpha value is -2.11. The van der Waals surface area contributed by atoms with Crippen molar-refractivity contribution < 1.29 is 14.3 Å². The molecule has 0 unspecified atom stereocenters. The van der Waals surface area contributed by atoms with E-state index in [0.29, 0.717) is 34.3 Å². The smallest absolute Gasteiger partial charge is 0.358 e. The van der Waals surface area contributed by atoms with E-state index in [-0.39, 0.29) is 16.6 Å². The number of halogens is 2. The third kappa shape index (κ3) is 5.49. The highest BCUT2D eigenvalue weighted by atomic mass is 35.5. The molecule has 0 spiro atoms. The van der Waals surface area contributed by atoms with Gasteiger partial charge in [-0.25, -0.2) is 9.78 Å². The maximum atomic E-state index is 12.7. The summed E-state index contributed by atoms with van der Waals surface area (Å²) >= 11 is 12.3. The van der Waals surface area contributed by atoms with E-state index in [0.717, 1.165) is 6.42 Å². The molecule has 1 aromatic heterocycles. The van der Waals surface area contributed by atoms with Crippen LogP contribution in [0.4, 0.5) is 0 Å². The number of hydrogen-bond donors (Lipinski definition) is 1. The van der Waals surface area contributed by atoms with Crippen molar-refractivity contribution >= 4 is 35.1 Å². The average molecular weight is 435 g/mol. The first-order chi connectivity index (χ1) is 14.0. The zero-order valence-electron chi connectivity index (χ0n) is 16.3. The fourth-order valence-corrected chi connectivity index (χ4v) is 4.05. The van der Waals surface area contributed by atoms with Gasteiger partial charge in [-0.05, 0) is 36.6 Å². The summed E-state index contributed by atoms with van der Waals surface area (Å²) in [5.41, 5.74) is 1.57. The molecule has 7 heteroatoms. The number of esters is 1. The molecule has 1 fully saturated rings. The molecule has 154 valence electrons. The molecule has 1 aromatic carbocycles. The van der Waals surface area contributed by atoms with Gasteiger partial charge in [0, 0.05) is 12.1 Å². The van der Waals surface area contributed by atoms with Crippen LogP contribution < -0.4 is 5.32 Å². The minimum atomic E-state index is -0.619. The lowest BCUT2D eigenvalue weighted by molar-refractivity contribution is 0.0594. The van der Waals surface area contributed by atoms with Gasteiger partial charge in [0.1, 0.15) is 0 Å². The monoisotopic (exact) mass is 434 g/mol. The number of methoxy groups -OCH3 is 1. The van der Waals surface area contributed by atoms with Crippen molar-refractivity contribution in [1.29, 1.82) is 0 Å². The molecule has 3 rings (SSSR count). The highest BCUT2D eigenvalue weighted by Gasteiger charge is 2.17. The molecule has 0 radical (unpaired) electrons. The Morgan fingerprint density at radius 3 is 2.55 bits per heavy atom. The average Bonchev–Trinajstić information content (AvgIpc) is 2.74. The van der Waals surface area contributed by atoms with Crippen molar-refractivity contribution in [3.63, 3.8) is 0 Å². The standard InChI is InChI=1S/C22H24Cl2N2O3/c1-29-22(28)20-18(24)9-10-19(26-20)15-7-8-17(23)16(13-15)21(27)25-12-11-14-5-3-2-4-6-14/h7-10,13-14H,2-6,11-12H2,1H3,(H,25,27). The van der Waals surface area contributed by atoms with Gasteiger partial charge in [-0.15, -0.1) is 0 Å². The van der Waals surface area contributed by atoms with E-state index in [2.05, 4.69) is 10.3 Å². The van der Waals surface area contributed by atoms with Crippen LogP contribution in [0.1, 0.15) is 59.4 Å². The van der Waals surface area contributed by atoms with Crippen LogP contribution in [0.2, 0.25) is 10.0 Å². The van der Waals surface area contributed by atoms with Crippen molar-refractivity contribution in [2.45, 2.75) is 38.5 Å². The Morgan fingerprint density at radius 2 is 1.83 bits per heavy atom. The summed E-state index contributed by atoms with van der Waals surface area (Å²) in [6.45, 7) is 0.635. The lowest BCUT2D eigenvalue weighted by Gasteiger charge is -2.21. The van der Waals surface area contributed by atoms with Crippen molar-refractivity contribution in [2.75, 3.05) is 13.7 Å². The fraction of sp³-hybridized carbons (Fsp3) is 0.409. The quantitative estimate of drug-likeness (QED) is 0.605. The topological polar surface area (TPSA) is 68.3 Å². The van der Waals surface area contributed by atoms with Gasteiger partial charge >= 0.3 is 5.97 Å². The molecule has 0 aliphatic heterocycles. The SMILES string of the molecule is COC(=O)c1nc(-c2ccc(Cl)c(C(=O)NCCC3CCCCC3)c2)ccc1Cl. The molecule has 1 aliphatic carbocycles. The van der Waals surface area contributed by atoms with Gasteiger partial charge in [0.15, 0.2) is 5.69 Å². The molecule has 0 bridgehead atoms. The summed E-state index contributed by atoms with van der Waals surface area (Å²) in [7, 11) is 1.27. The van der Waals surface area contributed by atoms with Gasteiger partial charge in [0.25, 0.3) is 5.91 Å². The second kappa shape index (κ2) is 10.1. The van der Waals surface area contributed by atoms with Gasteiger partial charge in [0.05, 0.1) is 28.4 Å². The van der Waals surface area contributed by atoms with Crippen LogP contribution in [0.25, 0.3) is 11.3 Å². The van der Waals surface area contributed by atoms with Crippen LogP contribution in [0.15, 0.2) is 30.3 Å². The third-order valence-corrected chi connectivity index (χ3v) is 5.93. The van der Waals surface area contributed by atoms with Gasteiger partial charge in [0.2, 0.25) is 0 Å². The number of amides is 1. The van der Waals surface area contributed by atoms with Gasteiger partial charge in [-0.3, -0.25) is 4.79 Å². The minimum absolute atomic E-state index is 0.0279. The Bertz CT molecular complexity index is 896.